The van der Waals surface area contributed by atoms with Crippen LogP contribution in [0.2, 0.25) is 0 Å². The van der Waals surface area contributed by atoms with Crippen LogP contribution in [-0.4, -0.2) is 30.4 Å². The van der Waals surface area contributed by atoms with Crippen molar-refractivity contribution in [3.8, 4) is 0 Å². The second kappa shape index (κ2) is 2.27. The van der Waals surface area contributed by atoms with Crippen molar-refractivity contribution in [2.75, 3.05) is 13.1 Å². The highest BCUT2D eigenvalue weighted by molar-refractivity contribution is 5.14. The highest BCUT2D eigenvalue weighted by Crippen LogP contribution is 2.01. The van der Waals surface area contributed by atoms with Crippen molar-refractivity contribution in [1.82, 2.24) is 0 Å². The first kappa shape index (κ1) is 5.76. The van der Waals surface area contributed by atoms with Crippen LogP contribution < -0.4 is 5.73 Å². The van der Waals surface area contributed by atoms with E-state index in [0.717, 1.165) is 13.1 Å². The zero-order valence-corrected chi connectivity index (χ0v) is 5.14. The van der Waals surface area contributed by atoms with Gasteiger partial charge in [0.25, 0.3) is 0 Å². The van der Waals surface area contributed by atoms with Gasteiger partial charge in [-0.1, -0.05) is 0 Å². The summed E-state index contributed by atoms with van der Waals surface area (Å²) in [5.74, 6) is 0. The van der Waals surface area contributed by atoms with Crippen LogP contribution in [0.5, 0.6) is 0 Å². The van der Waals surface area contributed by atoms with E-state index in [4.69, 9.17) is 5.73 Å². The normalized spacial score (nSPS) is 30.6. The number of hydrogen-bond donors (Lipinski definition) is 1. The molecule has 1 aliphatic heterocycles. The quantitative estimate of drug-likeness (QED) is 0.434. The Bertz CT molecular complexity index is 98.7. The van der Waals surface area contributed by atoms with Gasteiger partial charge in [0, 0.05) is 6.42 Å². The third-order valence-electron chi connectivity index (χ3n) is 1.54. The Hall–Kier alpha value is -0.370. The molecule has 1 aliphatic rings. The van der Waals surface area contributed by atoms with Gasteiger partial charge in [0.2, 0.25) is 0 Å². The van der Waals surface area contributed by atoms with Gasteiger partial charge in [-0.3, -0.25) is 0 Å². The van der Waals surface area contributed by atoms with Crippen molar-refractivity contribution >= 4 is 6.72 Å². The van der Waals surface area contributed by atoms with Crippen molar-refractivity contribution in [3.05, 3.63) is 0 Å². The van der Waals surface area contributed by atoms with Gasteiger partial charge in [-0.05, 0) is 6.42 Å². The summed E-state index contributed by atoms with van der Waals surface area (Å²) in [6, 6.07) is 0.376. The third-order valence-corrected chi connectivity index (χ3v) is 1.54. The molecule has 0 radical (unpaired) electrons. The van der Waals surface area contributed by atoms with E-state index in [1.54, 1.807) is 0 Å². The number of nitrogens with zero attached hydrogens (tertiary/aromatic N) is 1. The molecule has 0 bridgehead atoms. The Morgan fingerprint density at radius 1 is 1.62 bits per heavy atom. The average Bonchev–Trinajstić information content (AvgIpc) is 1.64. The largest absolute Gasteiger partial charge is 0.322 e. The summed E-state index contributed by atoms with van der Waals surface area (Å²) >= 11 is 0. The van der Waals surface area contributed by atoms with Crippen molar-refractivity contribution in [1.29, 1.82) is 0 Å². The maximum atomic E-state index is 5.64. The lowest BCUT2D eigenvalue weighted by Crippen LogP contribution is -2.36. The van der Waals surface area contributed by atoms with Gasteiger partial charge in [0.05, 0.1) is 6.04 Å². The van der Waals surface area contributed by atoms with Crippen LogP contribution in [-0.2, 0) is 0 Å². The van der Waals surface area contributed by atoms with Crippen LogP contribution >= 0.6 is 0 Å². The summed E-state index contributed by atoms with van der Waals surface area (Å²) in [7, 11) is 0. The predicted octanol–water partition coefficient (Wildman–Crippen LogP) is -0.179. The fraction of sp³-hybridized carbons (Fsp3) is 0.833. The number of rotatable bonds is 0. The molecule has 0 aromatic rings. The molecule has 1 atom stereocenters. The monoisotopic (exact) mass is 113 g/mol. The Kier molecular flexibility index (Phi) is 1.63. The molecule has 1 saturated heterocycles. The van der Waals surface area contributed by atoms with Crippen molar-refractivity contribution in [3.63, 3.8) is 0 Å². The molecule has 0 saturated carbocycles. The van der Waals surface area contributed by atoms with E-state index in [2.05, 4.69) is 6.72 Å². The van der Waals surface area contributed by atoms with E-state index in [-0.39, 0.29) is 0 Å². The van der Waals surface area contributed by atoms with E-state index < -0.39 is 0 Å². The molecule has 0 aliphatic carbocycles. The van der Waals surface area contributed by atoms with E-state index in [0.29, 0.717) is 6.04 Å². The fourth-order valence-electron chi connectivity index (χ4n) is 1.09. The van der Waals surface area contributed by atoms with Crippen molar-refractivity contribution < 1.29 is 4.58 Å². The predicted molar refractivity (Wildman–Crippen MR) is 34.3 cm³/mol. The Morgan fingerprint density at radius 2 is 2.38 bits per heavy atom. The van der Waals surface area contributed by atoms with Gasteiger partial charge in [-0.15, -0.1) is 0 Å². The van der Waals surface area contributed by atoms with Crippen LogP contribution in [0.4, 0.5) is 0 Å². The van der Waals surface area contributed by atoms with Gasteiger partial charge in [-0.25, -0.2) is 4.58 Å². The van der Waals surface area contributed by atoms with Crippen LogP contribution in [0.15, 0.2) is 0 Å². The summed E-state index contributed by atoms with van der Waals surface area (Å²) in [6.45, 7) is 5.89. The highest BCUT2D eigenvalue weighted by atomic mass is 15.0. The molecule has 0 spiro atoms. The summed E-state index contributed by atoms with van der Waals surface area (Å²) in [6.07, 6.45) is 2.39. The minimum absolute atomic E-state index is 0.376. The molecule has 2 nitrogen and oxygen atoms in total. The molecule has 1 heterocycles. The maximum Gasteiger partial charge on any atom is 0.157 e. The zero-order chi connectivity index (χ0) is 5.98. The van der Waals surface area contributed by atoms with Gasteiger partial charge >= 0.3 is 0 Å². The first-order valence-electron chi connectivity index (χ1n) is 3.10. The minimum atomic E-state index is 0.376. The van der Waals surface area contributed by atoms with E-state index in [1.165, 1.54) is 12.8 Å². The highest BCUT2D eigenvalue weighted by Gasteiger charge is 2.15. The molecule has 0 aromatic carbocycles. The molecule has 0 unspecified atom stereocenters. The third kappa shape index (κ3) is 1.30. The summed E-state index contributed by atoms with van der Waals surface area (Å²) in [4.78, 5) is 0. The van der Waals surface area contributed by atoms with E-state index in [1.807, 2.05) is 4.58 Å². The average molecular weight is 113 g/mol. The minimum Gasteiger partial charge on any atom is -0.322 e. The summed E-state index contributed by atoms with van der Waals surface area (Å²) in [5, 5.41) is 0. The van der Waals surface area contributed by atoms with E-state index in [9.17, 15) is 0 Å². The molecule has 0 aromatic heterocycles. The molecule has 8 heavy (non-hydrogen) atoms. The Balaban J connectivity index is 2.34. The second-order valence-electron chi connectivity index (χ2n) is 2.48. The molecular formula is C6H13N2+. The van der Waals surface area contributed by atoms with Gasteiger partial charge in [-0.2, -0.15) is 0 Å². The fourth-order valence-corrected chi connectivity index (χ4v) is 1.09. The maximum absolute atomic E-state index is 5.64. The summed E-state index contributed by atoms with van der Waals surface area (Å²) in [5.41, 5.74) is 5.64. The number of nitrogens with two attached hydrogens (primary N) is 1. The number of piperidine rings is 1. The molecule has 0 amide bonds. The lowest BCUT2D eigenvalue weighted by Gasteiger charge is -2.14. The molecule has 46 valence electrons. The van der Waals surface area contributed by atoms with Gasteiger partial charge in [0.15, 0.2) is 6.54 Å². The van der Waals surface area contributed by atoms with Crippen LogP contribution in [0.25, 0.3) is 0 Å². The Labute approximate surface area is 50.0 Å². The molecule has 1 fully saturated rings. The van der Waals surface area contributed by atoms with Crippen LogP contribution in [0, 0.1) is 0 Å². The first-order chi connectivity index (χ1) is 3.79. The van der Waals surface area contributed by atoms with Gasteiger partial charge in [0.1, 0.15) is 13.3 Å². The molecule has 2 N–H and O–H groups in total. The second-order valence-corrected chi connectivity index (χ2v) is 2.48. The lowest BCUT2D eigenvalue weighted by molar-refractivity contribution is -0.531. The van der Waals surface area contributed by atoms with Crippen molar-refractivity contribution in [2.45, 2.75) is 18.9 Å². The smallest absolute Gasteiger partial charge is 0.157 e. The van der Waals surface area contributed by atoms with Gasteiger partial charge < -0.3 is 5.73 Å². The zero-order valence-electron chi connectivity index (χ0n) is 5.14. The first-order valence-corrected chi connectivity index (χ1v) is 3.10. The standard InChI is InChI=1S/C6H13N2/c1-8-4-2-3-6(7)5-8/h6H,1-5,7H2/q+1/t6-/m0/s1. The molecular weight excluding hydrogens is 100 g/mol. The topological polar surface area (TPSA) is 29.0 Å². The SMILES string of the molecule is C=[N+]1CCC[C@H](N)C1. The van der Waals surface area contributed by atoms with Crippen LogP contribution in [0.1, 0.15) is 12.8 Å². The van der Waals surface area contributed by atoms with E-state index >= 15 is 0 Å². The lowest BCUT2D eigenvalue weighted by atomic mass is 10.1. The summed E-state index contributed by atoms with van der Waals surface area (Å²) < 4.78 is 2.04. The van der Waals surface area contributed by atoms with Crippen molar-refractivity contribution in [2.24, 2.45) is 5.73 Å². The van der Waals surface area contributed by atoms with Crippen LogP contribution in [0.3, 0.4) is 0 Å². The Morgan fingerprint density at radius 3 is 2.75 bits per heavy atom. The number of hydrogen-bond acceptors (Lipinski definition) is 1. The molecule has 2 heteroatoms. The molecule has 1 rings (SSSR count).